The highest BCUT2D eigenvalue weighted by Crippen LogP contribution is 2.13. The van der Waals surface area contributed by atoms with Gasteiger partial charge in [-0.3, -0.25) is 0 Å². The predicted octanol–water partition coefficient (Wildman–Crippen LogP) is 0.642. The van der Waals surface area contributed by atoms with E-state index in [1.54, 1.807) is 0 Å². The lowest BCUT2D eigenvalue weighted by Crippen LogP contribution is -2.04. The Kier molecular flexibility index (Phi) is 1.90. The first-order chi connectivity index (χ1) is 6.81. The average Bonchev–Trinajstić information content (AvgIpc) is 2.67. The van der Waals surface area contributed by atoms with E-state index in [9.17, 15) is 4.91 Å². The molecule has 0 radical (unpaired) electrons. The molecule has 2 aromatic rings. The van der Waals surface area contributed by atoms with Crippen LogP contribution in [0.1, 0.15) is 0 Å². The monoisotopic (exact) mass is 190 g/mol. The fourth-order valence-electron chi connectivity index (χ4n) is 0.999. The number of hydrogen-bond acceptors (Lipinski definition) is 6. The van der Waals surface area contributed by atoms with Crippen LogP contribution in [0.15, 0.2) is 29.8 Å². The molecule has 0 aromatic carbocycles. The third-order valence-electron chi connectivity index (χ3n) is 1.59. The second-order valence-electron chi connectivity index (χ2n) is 2.47. The van der Waals surface area contributed by atoms with Gasteiger partial charge in [0.1, 0.15) is 0 Å². The first-order valence-corrected chi connectivity index (χ1v) is 3.77. The van der Waals surface area contributed by atoms with Crippen LogP contribution in [0, 0.1) is 4.91 Å². The first kappa shape index (κ1) is 8.30. The maximum absolute atomic E-state index is 10.1. The molecule has 2 rings (SSSR count). The van der Waals surface area contributed by atoms with E-state index in [2.05, 4.69) is 20.2 Å². The molecule has 0 aliphatic heterocycles. The summed E-state index contributed by atoms with van der Waals surface area (Å²) in [6.45, 7) is 0. The van der Waals surface area contributed by atoms with Crippen molar-refractivity contribution in [2.24, 2.45) is 5.18 Å². The van der Waals surface area contributed by atoms with Crippen molar-refractivity contribution in [1.82, 2.24) is 19.7 Å². The molecular formula is C7H6N6O. The normalized spacial score (nSPS) is 10.0. The standard InChI is InChI=1S/C7H6N6O/c8-6-7(10-3-2-9-6)13-4-1-5(11-13)12-14/h1-4H,(H2,8,9). The van der Waals surface area contributed by atoms with E-state index in [0.717, 1.165) is 0 Å². The molecule has 0 saturated heterocycles. The molecule has 70 valence electrons. The van der Waals surface area contributed by atoms with Crippen LogP contribution in [-0.4, -0.2) is 19.7 Å². The molecule has 0 saturated carbocycles. The van der Waals surface area contributed by atoms with Crippen molar-refractivity contribution in [2.75, 3.05) is 5.73 Å². The summed E-state index contributed by atoms with van der Waals surface area (Å²) >= 11 is 0. The predicted molar refractivity (Wildman–Crippen MR) is 49.0 cm³/mol. The Morgan fingerprint density at radius 3 is 2.79 bits per heavy atom. The molecule has 7 heteroatoms. The number of hydrogen-bond donors (Lipinski definition) is 1. The molecule has 0 amide bonds. The van der Waals surface area contributed by atoms with Gasteiger partial charge in [0, 0.05) is 24.7 Å². The van der Waals surface area contributed by atoms with E-state index in [0.29, 0.717) is 5.82 Å². The van der Waals surface area contributed by atoms with Gasteiger partial charge in [0.2, 0.25) is 5.82 Å². The summed E-state index contributed by atoms with van der Waals surface area (Å²) in [4.78, 5) is 17.9. The van der Waals surface area contributed by atoms with Gasteiger partial charge in [-0.25, -0.2) is 14.6 Å². The number of nitrogen functional groups attached to an aromatic ring is 1. The Morgan fingerprint density at radius 2 is 2.14 bits per heavy atom. The van der Waals surface area contributed by atoms with Gasteiger partial charge in [-0.1, -0.05) is 0 Å². The number of nitroso groups, excluding NO2 is 1. The zero-order valence-corrected chi connectivity index (χ0v) is 7.03. The summed E-state index contributed by atoms with van der Waals surface area (Å²) in [5, 5.41) is 6.49. The maximum atomic E-state index is 10.1. The van der Waals surface area contributed by atoms with Crippen LogP contribution >= 0.6 is 0 Å². The van der Waals surface area contributed by atoms with Gasteiger partial charge < -0.3 is 5.73 Å². The number of nitrogens with zero attached hydrogens (tertiary/aromatic N) is 5. The average molecular weight is 190 g/mol. The van der Waals surface area contributed by atoms with Crippen LogP contribution in [0.5, 0.6) is 0 Å². The first-order valence-electron chi connectivity index (χ1n) is 3.77. The number of aromatic nitrogens is 4. The number of rotatable bonds is 2. The van der Waals surface area contributed by atoms with Crippen molar-refractivity contribution in [3.05, 3.63) is 29.6 Å². The lowest BCUT2D eigenvalue weighted by Gasteiger charge is -2.00. The molecule has 7 nitrogen and oxygen atoms in total. The fourth-order valence-corrected chi connectivity index (χ4v) is 0.999. The molecule has 0 bridgehead atoms. The Hall–Kier alpha value is -2.31. The van der Waals surface area contributed by atoms with Crippen molar-refractivity contribution >= 4 is 11.6 Å². The zero-order valence-electron chi connectivity index (χ0n) is 7.03. The van der Waals surface area contributed by atoms with Gasteiger partial charge in [-0.05, 0) is 5.18 Å². The molecular weight excluding hydrogens is 184 g/mol. The van der Waals surface area contributed by atoms with Crippen LogP contribution in [0.4, 0.5) is 11.6 Å². The van der Waals surface area contributed by atoms with Crippen molar-refractivity contribution in [3.8, 4) is 5.82 Å². The highest BCUT2D eigenvalue weighted by Gasteiger charge is 2.05. The molecule has 2 aromatic heterocycles. The summed E-state index contributed by atoms with van der Waals surface area (Å²) in [6, 6.07) is 1.46. The van der Waals surface area contributed by atoms with Crippen LogP contribution in [0.25, 0.3) is 5.82 Å². The summed E-state index contributed by atoms with van der Waals surface area (Å²) < 4.78 is 1.35. The Labute approximate surface area is 78.6 Å². The van der Waals surface area contributed by atoms with Gasteiger partial charge in [0.15, 0.2) is 11.6 Å². The summed E-state index contributed by atoms with van der Waals surface area (Å²) in [5.41, 5.74) is 5.56. The minimum atomic E-state index is 0.0788. The summed E-state index contributed by atoms with van der Waals surface area (Å²) in [5.74, 6) is 0.700. The number of anilines is 1. The SMILES string of the molecule is Nc1nccnc1-n1ccc(N=O)n1. The Balaban J connectivity index is 2.49. The molecule has 0 fully saturated rings. The largest absolute Gasteiger partial charge is 0.381 e. The lowest BCUT2D eigenvalue weighted by molar-refractivity contribution is 0.842. The summed E-state index contributed by atoms with van der Waals surface area (Å²) in [6.07, 6.45) is 4.50. The van der Waals surface area contributed by atoms with Crippen LogP contribution in [0.3, 0.4) is 0 Å². The van der Waals surface area contributed by atoms with E-state index in [-0.39, 0.29) is 11.6 Å². The second-order valence-corrected chi connectivity index (χ2v) is 2.47. The van der Waals surface area contributed by atoms with Gasteiger partial charge in [-0.2, -0.15) is 0 Å². The summed E-state index contributed by atoms with van der Waals surface area (Å²) in [7, 11) is 0. The van der Waals surface area contributed by atoms with Crippen LogP contribution < -0.4 is 5.73 Å². The molecule has 0 atom stereocenters. The molecule has 0 aliphatic rings. The minimum absolute atomic E-state index is 0.0788. The van der Waals surface area contributed by atoms with E-state index in [4.69, 9.17) is 5.73 Å². The van der Waals surface area contributed by atoms with Crippen LogP contribution in [0.2, 0.25) is 0 Å². The number of nitrogens with two attached hydrogens (primary N) is 1. The van der Waals surface area contributed by atoms with E-state index in [1.165, 1.54) is 29.3 Å². The van der Waals surface area contributed by atoms with E-state index < -0.39 is 0 Å². The van der Waals surface area contributed by atoms with Crippen molar-refractivity contribution in [2.45, 2.75) is 0 Å². The molecule has 14 heavy (non-hydrogen) atoms. The van der Waals surface area contributed by atoms with E-state index in [1.807, 2.05) is 0 Å². The highest BCUT2D eigenvalue weighted by atomic mass is 16.3. The quantitative estimate of drug-likeness (QED) is 0.700. The topological polar surface area (TPSA) is 99.0 Å². The Morgan fingerprint density at radius 1 is 1.36 bits per heavy atom. The van der Waals surface area contributed by atoms with Gasteiger partial charge >= 0.3 is 0 Å². The smallest absolute Gasteiger partial charge is 0.217 e. The van der Waals surface area contributed by atoms with E-state index >= 15 is 0 Å². The van der Waals surface area contributed by atoms with Gasteiger partial charge in [-0.15, -0.1) is 10.0 Å². The van der Waals surface area contributed by atoms with Crippen molar-refractivity contribution < 1.29 is 0 Å². The van der Waals surface area contributed by atoms with Gasteiger partial charge in [0.25, 0.3) is 0 Å². The molecule has 0 aliphatic carbocycles. The lowest BCUT2D eigenvalue weighted by atomic mass is 10.6. The molecule has 2 N–H and O–H groups in total. The molecule has 0 spiro atoms. The molecule has 2 heterocycles. The second kappa shape index (κ2) is 3.21. The van der Waals surface area contributed by atoms with Crippen LogP contribution in [-0.2, 0) is 0 Å². The fraction of sp³-hybridized carbons (Fsp3) is 0. The third kappa shape index (κ3) is 1.30. The Bertz CT molecular complexity index is 465. The maximum Gasteiger partial charge on any atom is 0.217 e. The van der Waals surface area contributed by atoms with Gasteiger partial charge in [0.05, 0.1) is 0 Å². The highest BCUT2D eigenvalue weighted by molar-refractivity contribution is 5.45. The third-order valence-corrected chi connectivity index (χ3v) is 1.59. The minimum Gasteiger partial charge on any atom is -0.381 e. The van der Waals surface area contributed by atoms with Crippen molar-refractivity contribution in [3.63, 3.8) is 0 Å². The zero-order chi connectivity index (χ0) is 9.97. The van der Waals surface area contributed by atoms with Crippen molar-refractivity contribution in [1.29, 1.82) is 0 Å². The molecule has 0 unspecified atom stereocenters.